The Bertz CT molecular complexity index is 377. The third kappa shape index (κ3) is 3.24. The molecule has 0 radical (unpaired) electrons. The maximum atomic E-state index is 10.8. The molecule has 4 nitrogen and oxygen atoms in total. The van der Waals surface area contributed by atoms with Gasteiger partial charge in [-0.3, -0.25) is 4.79 Å². The summed E-state index contributed by atoms with van der Waals surface area (Å²) in [5.74, 6) is -0.187. The average molecular weight is 223 g/mol. The van der Waals surface area contributed by atoms with Crippen molar-refractivity contribution in [2.24, 2.45) is 0 Å². The lowest BCUT2D eigenvalue weighted by Gasteiger charge is -2.12. The van der Waals surface area contributed by atoms with Crippen molar-refractivity contribution in [1.82, 2.24) is 0 Å². The first-order valence-corrected chi connectivity index (χ1v) is 5.33. The van der Waals surface area contributed by atoms with E-state index >= 15 is 0 Å². The second kappa shape index (κ2) is 5.51. The van der Waals surface area contributed by atoms with Gasteiger partial charge >= 0.3 is 0 Å². The van der Waals surface area contributed by atoms with Crippen molar-refractivity contribution in [3.63, 3.8) is 0 Å². The highest BCUT2D eigenvalue weighted by molar-refractivity contribution is 5.88. The number of carbonyl (C=O) groups excluding carboxylic acids is 1. The minimum absolute atomic E-state index is 0.00667. The Labute approximate surface area is 94.9 Å². The molecule has 0 fully saturated rings. The van der Waals surface area contributed by atoms with Gasteiger partial charge < -0.3 is 15.5 Å². The summed E-state index contributed by atoms with van der Waals surface area (Å²) in [6, 6.07) is 4.73. The highest BCUT2D eigenvalue weighted by Gasteiger charge is 2.11. The number of benzene rings is 1. The molecule has 4 heteroatoms. The Morgan fingerprint density at radius 2 is 2.19 bits per heavy atom. The Morgan fingerprint density at radius 3 is 2.69 bits per heavy atom. The Kier molecular flexibility index (Phi) is 4.31. The van der Waals surface area contributed by atoms with E-state index in [1.807, 2.05) is 6.92 Å². The normalized spacial score (nSPS) is 12.2. The van der Waals surface area contributed by atoms with Crippen LogP contribution in [-0.4, -0.2) is 16.1 Å². The first-order valence-electron chi connectivity index (χ1n) is 5.33. The molecule has 1 aromatic rings. The number of aliphatic hydroxyl groups is 1. The van der Waals surface area contributed by atoms with Crippen LogP contribution in [0.2, 0.25) is 0 Å². The fraction of sp³-hybridized carbons (Fsp3) is 0.417. The van der Waals surface area contributed by atoms with Gasteiger partial charge in [-0.25, -0.2) is 0 Å². The van der Waals surface area contributed by atoms with Crippen LogP contribution in [0.15, 0.2) is 18.2 Å². The van der Waals surface area contributed by atoms with E-state index in [0.717, 1.165) is 6.42 Å². The summed E-state index contributed by atoms with van der Waals surface area (Å²) in [4.78, 5) is 10.8. The lowest BCUT2D eigenvalue weighted by molar-refractivity contribution is -0.114. The van der Waals surface area contributed by atoms with Crippen molar-refractivity contribution in [2.75, 3.05) is 5.32 Å². The number of rotatable bonds is 4. The van der Waals surface area contributed by atoms with E-state index in [1.165, 1.54) is 13.0 Å². The van der Waals surface area contributed by atoms with Crippen molar-refractivity contribution in [2.45, 2.75) is 32.8 Å². The van der Waals surface area contributed by atoms with Crippen molar-refractivity contribution in [3.05, 3.63) is 23.8 Å². The zero-order valence-corrected chi connectivity index (χ0v) is 9.53. The molecule has 0 aliphatic rings. The third-order valence-corrected chi connectivity index (χ3v) is 2.27. The predicted molar refractivity (Wildman–Crippen MR) is 62.3 cm³/mol. The largest absolute Gasteiger partial charge is 0.507 e. The zero-order chi connectivity index (χ0) is 12.1. The molecule has 1 unspecified atom stereocenters. The molecule has 0 aliphatic heterocycles. The molecule has 88 valence electrons. The van der Waals surface area contributed by atoms with E-state index in [9.17, 15) is 15.0 Å². The van der Waals surface area contributed by atoms with Crippen LogP contribution in [0, 0.1) is 0 Å². The molecule has 0 spiro atoms. The number of aromatic hydroxyl groups is 1. The number of hydrogen-bond donors (Lipinski definition) is 3. The van der Waals surface area contributed by atoms with E-state index < -0.39 is 6.10 Å². The number of amides is 1. The highest BCUT2D eigenvalue weighted by Crippen LogP contribution is 2.29. The number of carbonyl (C=O) groups is 1. The van der Waals surface area contributed by atoms with Crippen LogP contribution < -0.4 is 5.32 Å². The van der Waals surface area contributed by atoms with Crippen LogP contribution in [0.3, 0.4) is 0 Å². The molecular weight excluding hydrogens is 206 g/mol. The Balaban J connectivity index is 2.86. The number of aliphatic hydroxyl groups excluding tert-OH is 1. The molecule has 1 rings (SSSR count). The molecule has 1 atom stereocenters. The fourth-order valence-corrected chi connectivity index (χ4v) is 1.54. The summed E-state index contributed by atoms with van der Waals surface area (Å²) in [7, 11) is 0. The van der Waals surface area contributed by atoms with Crippen molar-refractivity contribution >= 4 is 11.6 Å². The average Bonchev–Trinajstić information content (AvgIpc) is 2.16. The van der Waals surface area contributed by atoms with Gasteiger partial charge in [-0.1, -0.05) is 19.4 Å². The minimum atomic E-state index is -0.656. The first kappa shape index (κ1) is 12.5. The molecule has 3 N–H and O–H groups in total. The highest BCUT2D eigenvalue weighted by atomic mass is 16.3. The summed E-state index contributed by atoms with van der Waals surface area (Å²) < 4.78 is 0. The summed E-state index contributed by atoms with van der Waals surface area (Å²) >= 11 is 0. The monoisotopic (exact) mass is 223 g/mol. The quantitative estimate of drug-likeness (QED) is 0.732. The van der Waals surface area contributed by atoms with Gasteiger partial charge in [-0.2, -0.15) is 0 Å². The lowest BCUT2D eigenvalue weighted by atomic mass is 10.0. The molecule has 16 heavy (non-hydrogen) atoms. The van der Waals surface area contributed by atoms with Crippen molar-refractivity contribution < 1.29 is 15.0 Å². The van der Waals surface area contributed by atoms with Gasteiger partial charge in [0.1, 0.15) is 5.75 Å². The summed E-state index contributed by atoms with van der Waals surface area (Å²) in [5, 5.41) is 22.0. The number of hydrogen-bond acceptors (Lipinski definition) is 3. The lowest BCUT2D eigenvalue weighted by Crippen LogP contribution is -2.06. The Morgan fingerprint density at radius 1 is 1.50 bits per heavy atom. The van der Waals surface area contributed by atoms with Gasteiger partial charge in [-0.05, 0) is 12.5 Å². The number of phenolic OH excluding ortho intramolecular Hbond substituents is 1. The van der Waals surface area contributed by atoms with E-state index in [1.54, 1.807) is 12.1 Å². The van der Waals surface area contributed by atoms with Crippen LogP contribution in [0.25, 0.3) is 0 Å². The SMILES string of the molecule is CCCC(O)c1ccc(NC(C)=O)cc1O. The number of anilines is 1. The smallest absolute Gasteiger partial charge is 0.221 e. The third-order valence-electron chi connectivity index (χ3n) is 2.27. The van der Waals surface area contributed by atoms with Gasteiger partial charge in [0.25, 0.3) is 0 Å². The summed E-state index contributed by atoms with van der Waals surface area (Å²) in [6.07, 6.45) is 0.789. The maximum absolute atomic E-state index is 10.8. The van der Waals surface area contributed by atoms with Crippen molar-refractivity contribution in [1.29, 1.82) is 0 Å². The van der Waals surface area contributed by atoms with E-state index in [4.69, 9.17) is 0 Å². The van der Waals surface area contributed by atoms with Crippen LogP contribution in [-0.2, 0) is 4.79 Å². The van der Waals surface area contributed by atoms with Crippen LogP contribution >= 0.6 is 0 Å². The van der Waals surface area contributed by atoms with Crippen LogP contribution in [0.1, 0.15) is 38.4 Å². The summed E-state index contributed by atoms with van der Waals surface area (Å²) in [5.41, 5.74) is 1.02. The minimum Gasteiger partial charge on any atom is -0.507 e. The van der Waals surface area contributed by atoms with E-state index in [0.29, 0.717) is 17.7 Å². The second-order valence-corrected chi connectivity index (χ2v) is 3.76. The topological polar surface area (TPSA) is 69.6 Å². The predicted octanol–water partition coefficient (Wildman–Crippen LogP) is 2.18. The van der Waals surface area contributed by atoms with Gasteiger partial charge in [0, 0.05) is 24.2 Å². The molecule has 0 bridgehead atoms. The van der Waals surface area contributed by atoms with Gasteiger partial charge in [0.15, 0.2) is 0 Å². The molecule has 0 saturated heterocycles. The molecule has 1 amide bonds. The Hall–Kier alpha value is -1.55. The van der Waals surface area contributed by atoms with E-state index in [-0.39, 0.29) is 11.7 Å². The molecule has 0 heterocycles. The summed E-state index contributed by atoms with van der Waals surface area (Å²) in [6.45, 7) is 3.36. The van der Waals surface area contributed by atoms with Crippen LogP contribution in [0.5, 0.6) is 5.75 Å². The molecular formula is C12H17NO3. The molecule has 1 aromatic carbocycles. The number of nitrogens with one attached hydrogen (secondary N) is 1. The van der Waals surface area contributed by atoms with Crippen molar-refractivity contribution in [3.8, 4) is 5.75 Å². The van der Waals surface area contributed by atoms with Gasteiger partial charge in [-0.15, -0.1) is 0 Å². The molecule has 0 aromatic heterocycles. The second-order valence-electron chi connectivity index (χ2n) is 3.76. The first-order chi connectivity index (χ1) is 7.54. The van der Waals surface area contributed by atoms with Gasteiger partial charge in [0.05, 0.1) is 6.10 Å². The molecule has 0 aliphatic carbocycles. The molecule has 0 saturated carbocycles. The zero-order valence-electron chi connectivity index (χ0n) is 9.53. The maximum Gasteiger partial charge on any atom is 0.221 e. The van der Waals surface area contributed by atoms with E-state index in [2.05, 4.69) is 5.32 Å². The van der Waals surface area contributed by atoms with Crippen LogP contribution in [0.4, 0.5) is 5.69 Å². The number of phenols is 1. The van der Waals surface area contributed by atoms with Gasteiger partial charge in [0.2, 0.25) is 5.91 Å². The standard InChI is InChI=1S/C12H17NO3/c1-3-4-11(15)10-6-5-9(7-12(10)16)13-8(2)14/h5-7,11,15-16H,3-4H2,1-2H3,(H,13,14). The fourth-order valence-electron chi connectivity index (χ4n) is 1.54.